The highest BCUT2D eigenvalue weighted by atomic mass is 16.5. The Labute approximate surface area is 130 Å². The number of methoxy groups -OCH3 is 1. The molecule has 1 aromatic carbocycles. The number of hydrogen-bond donors (Lipinski definition) is 1. The molecule has 1 aromatic rings. The van der Waals surface area contributed by atoms with Gasteiger partial charge in [0.05, 0.1) is 6.61 Å². The molecule has 0 bridgehead atoms. The van der Waals surface area contributed by atoms with Crippen molar-refractivity contribution in [3.63, 3.8) is 0 Å². The Morgan fingerprint density at radius 1 is 1.45 bits per heavy atom. The molecule has 2 N–H and O–H groups in total. The highest BCUT2D eigenvalue weighted by Gasteiger charge is 2.35. The molecular formula is C16H23N3O3. The van der Waals surface area contributed by atoms with Gasteiger partial charge in [0, 0.05) is 26.4 Å². The Balaban J connectivity index is 2.11. The molecule has 0 saturated carbocycles. The third kappa shape index (κ3) is 3.45. The maximum atomic E-state index is 12.7. The first-order valence-electron chi connectivity index (χ1n) is 7.44. The minimum absolute atomic E-state index is 0.0575. The third-order valence-corrected chi connectivity index (χ3v) is 3.96. The molecule has 0 aliphatic carbocycles. The van der Waals surface area contributed by atoms with Crippen LogP contribution >= 0.6 is 0 Å². The van der Waals surface area contributed by atoms with E-state index in [0.29, 0.717) is 13.0 Å². The minimum Gasteiger partial charge on any atom is -0.383 e. The van der Waals surface area contributed by atoms with Gasteiger partial charge in [-0.1, -0.05) is 18.2 Å². The van der Waals surface area contributed by atoms with Gasteiger partial charge in [0.15, 0.2) is 0 Å². The number of hydrogen-bond acceptors (Lipinski definition) is 4. The van der Waals surface area contributed by atoms with E-state index in [1.165, 1.54) is 12.0 Å². The number of rotatable bonds is 5. The predicted molar refractivity (Wildman–Crippen MR) is 84.4 cm³/mol. The fourth-order valence-electron chi connectivity index (χ4n) is 2.75. The molecule has 1 saturated heterocycles. The zero-order valence-corrected chi connectivity index (χ0v) is 13.1. The van der Waals surface area contributed by atoms with Crippen molar-refractivity contribution < 1.29 is 14.3 Å². The fourth-order valence-corrected chi connectivity index (χ4v) is 2.75. The van der Waals surface area contributed by atoms with Crippen molar-refractivity contribution in [3.8, 4) is 0 Å². The van der Waals surface area contributed by atoms with Crippen LogP contribution in [0.1, 0.15) is 12.8 Å². The van der Waals surface area contributed by atoms with Crippen molar-refractivity contribution in [2.24, 2.45) is 5.73 Å². The van der Waals surface area contributed by atoms with Crippen molar-refractivity contribution >= 4 is 17.5 Å². The zero-order valence-electron chi connectivity index (χ0n) is 13.1. The summed E-state index contributed by atoms with van der Waals surface area (Å²) in [6.45, 7) is 0.817. The van der Waals surface area contributed by atoms with Gasteiger partial charge in [0.2, 0.25) is 11.8 Å². The van der Waals surface area contributed by atoms with Crippen LogP contribution in [0.5, 0.6) is 0 Å². The summed E-state index contributed by atoms with van der Waals surface area (Å²) in [5, 5.41) is 0. The molecule has 2 unspecified atom stereocenters. The summed E-state index contributed by atoms with van der Waals surface area (Å²) in [5.74, 6) is -0.326. The highest BCUT2D eigenvalue weighted by molar-refractivity contribution is 6.00. The molecule has 2 amide bonds. The first kappa shape index (κ1) is 16.5. The van der Waals surface area contributed by atoms with Crippen molar-refractivity contribution in [2.45, 2.75) is 24.9 Å². The maximum absolute atomic E-state index is 12.7. The lowest BCUT2D eigenvalue weighted by atomic mass is 10.0. The molecule has 1 aliphatic heterocycles. The van der Waals surface area contributed by atoms with Crippen molar-refractivity contribution in [1.29, 1.82) is 0 Å². The molecule has 6 heteroatoms. The van der Waals surface area contributed by atoms with E-state index in [0.717, 1.165) is 12.1 Å². The lowest BCUT2D eigenvalue weighted by molar-refractivity contribution is -0.140. The number of ether oxygens (including phenoxy) is 1. The average molecular weight is 305 g/mol. The molecule has 1 aliphatic rings. The smallest absolute Gasteiger partial charge is 0.249 e. The normalized spacial score (nSPS) is 19.9. The van der Waals surface area contributed by atoms with Gasteiger partial charge in [0.25, 0.3) is 0 Å². The van der Waals surface area contributed by atoms with Gasteiger partial charge in [-0.3, -0.25) is 9.59 Å². The van der Waals surface area contributed by atoms with Crippen molar-refractivity contribution in [1.82, 2.24) is 4.90 Å². The van der Waals surface area contributed by atoms with Crippen LogP contribution in [0.3, 0.4) is 0 Å². The van der Waals surface area contributed by atoms with E-state index in [1.54, 1.807) is 11.9 Å². The summed E-state index contributed by atoms with van der Waals surface area (Å²) in [6, 6.07) is 8.30. The van der Waals surface area contributed by atoms with Crippen LogP contribution in [0, 0.1) is 0 Å². The summed E-state index contributed by atoms with van der Waals surface area (Å²) in [4.78, 5) is 28.2. The van der Waals surface area contributed by atoms with E-state index in [-0.39, 0.29) is 18.4 Å². The lowest BCUT2D eigenvalue weighted by Crippen LogP contribution is -2.56. The molecule has 6 nitrogen and oxygen atoms in total. The lowest BCUT2D eigenvalue weighted by Gasteiger charge is -2.37. The standard InChI is InChI=1S/C16H23N3O3/c1-18(15(20)13(17)11-22-2)14-9-6-10-19(16(14)21)12-7-4-3-5-8-12/h3-5,7-8,13-14H,6,9-11,17H2,1-2H3. The molecule has 0 spiro atoms. The van der Waals surface area contributed by atoms with E-state index < -0.39 is 12.1 Å². The fraction of sp³-hybridized carbons (Fsp3) is 0.500. The largest absolute Gasteiger partial charge is 0.383 e. The Kier molecular flexibility index (Phi) is 5.51. The Morgan fingerprint density at radius 2 is 2.14 bits per heavy atom. The predicted octanol–water partition coefficient (Wildman–Crippen LogP) is 0.614. The van der Waals surface area contributed by atoms with Gasteiger partial charge in [-0.05, 0) is 25.0 Å². The molecule has 0 aromatic heterocycles. The number of nitrogens with two attached hydrogens (primary N) is 1. The number of piperidine rings is 1. The van der Waals surface area contributed by atoms with Gasteiger partial charge in [-0.2, -0.15) is 0 Å². The molecule has 22 heavy (non-hydrogen) atoms. The van der Waals surface area contributed by atoms with E-state index in [4.69, 9.17) is 10.5 Å². The number of carbonyl (C=O) groups is 2. The van der Waals surface area contributed by atoms with Gasteiger partial charge < -0.3 is 20.3 Å². The Morgan fingerprint density at radius 3 is 2.77 bits per heavy atom. The van der Waals surface area contributed by atoms with Crippen LogP contribution in [0.15, 0.2) is 30.3 Å². The monoisotopic (exact) mass is 305 g/mol. The molecule has 120 valence electrons. The van der Waals surface area contributed by atoms with E-state index in [2.05, 4.69) is 0 Å². The molecule has 2 rings (SSSR count). The average Bonchev–Trinajstić information content (AvgIpc) is 2.55. The second-order valence-electron chi connectivity index (χ2n) is 5.49. The van der Waals surface area contributed by atoms with Gasteiger partial charge in [-0.25, -0.2) is 0 Å². The summed E-state index contributed by atoms with van der Waals surface area (Å²) >= 11 is 0. The van der Waals surface area contributed by atoms with Crippen molar-refractivity contribution in [2.75, 3.05) is 32.2 Å². The summed E-state index contributed by atoms with van der Waals surface area (Å²) in [7, 11) is 3.13. The molecular weight excluding hydrogens is 282 g/mol. The van der Waals surface area contributed by atoms with Gasteiger partial charge in [-0.15, -0.1) is 0 Å². The Hall–Kier alpha value is -1.92. The highest BCUT2D eigenvalue weighted by Crippen LogP contribution is 2.23. The van der Waals surface area contributed by atoms with Crippen LogP contribution in [0.4, 0.5) is 5.69 Å². The number of amides is 2. The molecule has 2 atom stereocenters. The number of para-hydroxylation sites is 1. The summed E-state index contributed by atoms with van der Waals surface area (Å²) in [6.07, 6.45) is 1.51. The van der Waals surface area contributed by atoms with Crippen LogP contribution in [0.2, 0.25) is 0 Å². The molecule has 1 heterocycles. The number of benzene rings is 1. The second kappa shape index (κ2) is 7.38. The Bertz CT molecular complexity index is 521. The SMILES string of the molecule is COCC(N)C(=O)N(C)C1CCCN(c2ccccc2)C1=O. The van der Waals surface area contributed by atoms with E-state index >= 15 is 0 Å². The maximum Gasteiger partial charge on any atom is 0.249 e. The third-order valence-electron chi connectivity index (χ3n) is 3.96. The summed E-state index contributed by atoms with van der Waals surface area (Å²) < 4.78 is 4.91. The molecule has 1 fully saturated rings. The topological polar surface area (TPSA) is 75.9 Å². The van der Waals surface area contributed by atoms with Crippen LogP contribution in [0.25, 0.3) is 0 Å². The second-order valence-corrected chi connectivity index (χ2v) is 5.49. The first-order chi connectivity index (χ1) is 10.6. The van der Waals surface area contributed by atoms with Crippen LogP contribution < -0.4 is 10.6 Å². The minimum atomic E-state index is -0.741. The number of carbonyl (C=O) groups excluding carboxylic acids is 2. The summed E-state index contributed by atoms with van der Waals surface area (Å²) in [5.41, 5.74) is 6.65. The van der Waals surface area contributed by atoms with Crippen LogP contribution in [-0.4, -0.2) is 56.1 Å². The zero-order chi connectivity index (χ0) is 16.1. The van der Waals surface area contributed by atoms with Gasteiger partial charge >= 0.3 is 0 Å². The first-order valence-corrected chi connectivity index (χ1v) is 7.44. The number of anilines is 1. The van der Waals surface area contributed by atoms with Gasteiger partial charge in [0.1, 0.15) is 12.1 Å². The quantitative estimate of drug-likeness (QED) is 0.865. The van der Waals surface area contributed by atoms with E-state index in [9.17, 15) is 9.59 Å². The molecule has 0 radical (unpaired) electrons. The number of nitrogens with zero attached hydrogens (tertiary/aromatic N) is 2. The number of likely N-dealkylation sites (N-methyl/N-ethyl adjacent to an activating group) is 1. The van der Waals surface area contributed by atoms with Crippen molar-refractivity contribution in [3.05, 3.63) is 30.3 Å². The van der Waals surface area contributed by atoms with Crippen LogP contribution in [-0.2, 0) is 14.3 Å². The van der Waals surface area contributed by atoms with E-state index in [1.807, 2.05) is 30.3 Å².